The molecule has 0 aliphatic carbocycles. The van der Waals surface area contributed by atoms with Crippen LogP contribution in [0.3, 0.4) is 0 Å². The second-order valence-electron chi connectivity index (χ2n) is 3.70. The van der Waals surface area contributed by atoms with Crippen molar-refractivity contribution in [2.45, 2.75) is 20.4 Å². The molecule has 16 heavy (non-hydrogen) atoms. The van der Waals surface area contributed by atoms with Crippen molar-refractivity contribution < 1.29 is 14.3 Å². The zero-order chi connectivity index (χ0) is 11.7. The van der Waals surface area contributed by atoms with Crippen molar-refractivity contribution in [1.29, 1.82) is 0 Å². The van der Waals surface area contributed by atoms with Gasteiger partial charge in [-0.05, 0) is 25.5 Å². The maximum atomic E-state index is 10.8. The molecule has 0 aromatic carbocycles. The minimum Gasteiger partial charge on any atom is -0.478 e. The van der Waals surface area contributed by atoms with Gasteiger partial charge in [-0.25, -0.2) is 4.79 Å². The quantitative estimate of drug-likeness (QED) is 0.856. The van der Waals surface area contributed by atoms with Crippen LogP contribution in [0.15, 0.2) is 22.9 Å². The number of hydrogen-bond acceptors (Lipinski definition) is 3. The van der Waals surface area contributed by atoms with Gasteiger partial charge in [0.2, 0.25) is 0 Å². The maximum absolute atomic E-state index is 10.8. The highest BCUT2D eigenvalue weighted by Crippen LogP contribution is 2.15. The monoisotopic (exact) mass is 220 g/mol. The van der Waals surface area contributed by atoms with Gasteiger partial charge in [-0.1, -0.05) is 0 Å². The molecule has 0 aliphatic heterocycles. The van der Waals surface area contributed by atoms with Crippen molar-refractivity contribution in [1.82, 2.24) is 9.78 Å². The van der Waals surface area contributed by atoms with Crippen LogP contribution in [0, 0.1) is 13.8 Å². The van der Waals surface area contributed by atoms with E-state index in [0.29, 0.717) is 18.1 Å². The van der Waals surface area contributed by atoms with E-state index >= 15 is 0 Å². The largest absolute Gasteiger partial charge is 0.478 e. The normalized spacial score (nSPS) is 10.6. The Morgan fingerprint density at radius 2 is 2.31 bits per heavy atom. The Kier molecular flexibility index (Phi) is 2.52. The Hall–Kier alpha value is -2.04. The fraction of sp³-hybridized carbons (Fsp3) is 0.273. The Labute approximate surface area is 92.3 Å². The molecule has 5 heteroatoms. The number of carboxylic acids is 1. The van der Waals surface area contributed by atoms with Crippen molar-refractivity contribution in [2.24, 2.45) is 0 Å². The van der Waals surface area contributed by atoms with E-state index in [4.69, 9.17) is 9.52 Å². The summed E-state index contributed by atoms with van der Waals surface area (Å²) in [6.07, 6.45) is 3.62. The van der Waals surface area contributed by atoms with Gasteiger partial charge in [-0.2, -0.15) is 5.10 Å². The molecule has 1 N–H and O–H groups in total. The Bertz CT molecular complexity index is 525. The number of carbonyl (C=O) groups is 1. The van der Waals surface area contributed by atoms with Crippen LogP contribution in [0.1, 0.15) is 27.4 Å². The third-order valence-electron chi connectivity index (χ3n) is 2.28. The first kappa shape index (κ1) is 10.5. The van der Waals surface area contributed by atoms with Gasteiger partial charge >= 0.3 is 5.97 Å². The van der Waals surface area contributed by atoms with E-state index in [9.17, 15) is 4.79 Å². The highest BCUT2D eigenvalue weighted by Gasteiger charge is 2.13. The number of aromatic carboxylic acids is 1. The molecule has 84 valence electrons. The van der Waals surface area contributed by atoms with Gasteiger partial charge in [-0.3, -0.25) is 4.68 Å². The van der Waals surface area contributed by atoms with Gasteiger partial charge < -0.3 is 9.52 Å². The third-order valence-corrected chi connectivity index (χ3v) is 2.28. The van der Waals surface area contributed by atoms with E-state index in [1.54, 1.807) is 17.8 Å². The first-order chi connectivity index (χ1) is 7.56. The summed E-state index contributed by atoms with van der Waals surface area (Å²) < 4.78 is 7.06. The molecular weight excluding hydrogens is 208 g/mol. The number of furan rings is 1. The lowest BCUT2D eigenvalue weighted by molar-refractivity contribution is 0.0695. The van der Waals surface area contributed by atoms with Gasteiger partial charge in [0.25, 0.3) is 0 Å². The fourth-order valence-electron chi connectivity index (χ4n) is 1.55. The number of carboxylic acid groups (broad SMARTS) is 1. The summed E-state index contributed by atoms with van der Waals surface area (Å²) >= 11 is 0. The number of rotatable bonds is 3. The summed E-state index contributed by atoms with van der Waals surface area (Å²) in [5.41, 5.74) is 1.26. The highest BCUT2D eigenvalue weighted by molar-refractivity contribution is 5.88. The zero-order valence-electron chi connectivity index (χ0n) is 9.10. The number of hydrogen-bond donors (Lipinski definition) is 1. The van der Waals surface area contributed by atoms with Crippen LogP contribution in [0.2, 0.25) is 0 Å². The molecule has 0 spiro atoms. The van der Waals surface area contributed by atoms with Crippen LogP contribution in [-0.2, 0) is 6.54 Å². The topological polar surface area (TPSA) is 68.3 Å². The third kappa shape index (κ3) is 1.98. The number of aromatic nitrogens is 2. The van der Waals surface area contributed by atoms with E-state index < -0.39 is 5.97 Å². The van der Waals surface area contributed by atoms with E-state index in [0.717, 1.165) is 5.56 Å². The van der Waals surface area contributed by atoms with E-state index in [-0.39, 0.29) is 5.56 Å². The van der Waals surface area contributed by atoms with Gasteiger partial charge in [-0.15, -0.1) is 0 Å². The van der Waals surface area contributed by atoms with Crippen molar-refractivity contribution in [2.75, 3.05) is 0 Å². The Morgan fingerprint density at radius 1 is 1.56 bits per heavy atom. The second kappa shape index (κ2) is 3.84. The molecule has 0 saturated heterocycles. The van der Waals surface area contributed by atoms with E-state index in [1.165, 1.54) is 6.07 Å². The average molecular weight is 220 g/mol. The standard InChI is InChI=1S/C11H12N2O3/c1-7-4-12-13(5-7)6-9-3-10(11(14)15)8(2)16-9/h3-5H,6H2,1-2H3,(H,14,15). The van der Waals surface area contributed by atoms with Crippen LogP contribution in [0.5, 0.6) is 0 Å². The zero-order valence-corrected chi connectivity index (χ0v) is 9.10. The minimum atomic E-state index is -0.968. The molecule has 0 unspecified atom stereocenters. The summed E-state index contributed by atoms with van der Waals surface area (Å²) in [6, 6.07) is 1.54. The number of aryl methyl sites for hydroxylation is 2. The van der Waals surface area contributed by atoms with Gasteiger partial charge in [0, 0.05) is 6.20 Å². The fourth-order valence-corrected chi connectivity index (χ4v) is 1.55. The minimum absolute atomic E-state index is 0.207. The van der Waals surface area contributed by atoms with Gasteiger partial charge in [0.15, 0.2) is 0 Å². The lowest BCUT2D eigenvalue weighted by Gasteiger charge is -1.96. The molecule has 0 bridgehead atoms. The smallest absolute Gasteiger partial charge is 0.339 e. The lowest BCUT2D eigenvalue weighted by Crippen LogP contribution is -1.98. The van der Waals surface area contributed by atoms with Crippen LogP contribution in [-0.4, -0.2) is 20.9 Å². The first-order valence-electron chi connectivity index (χ1n) is 4.88. The van der Waals surface area contributed by atoms with E-state index in [1.807, 2.05) is 13.1 Å². The Balaban J connectivity index is 2.22. The number of nitrogens with zero attached hydrogens (tertiary/aromatic N) is 2. The molecule has 0 aliphatic rings. The predicted molar refractivity (Wildman–Crippen MR) is 56.5 cm³/mol. The SMILES string of the molecule is Cc1cnn(Cc2cc(C(=O)O)c(C)o2)c1. The molecule has 0 atom stereocenters. The van der Waals surface area contributed by atoms with Crippen molar-refractivity contribution >= 4 is 5.97 Å². The first-order valence-corrected chi connectivity index (χ1v) is 4.88. The van der Waals surface area contributed by atoms with Crippen LogP contribution in [0.25, 0.3) is 0 Å². The molecule has 2 rings (SSSR count). The molecule has 0 saturated carbocycles. The molecule has 0 amide bonds. The van der Waals surface area contributed by atoms with Crippen molar-refractivity contribution in [3.63, 3.8) is 0 Å². The molecule has 2 heterocycles. The maximum Gasteiger partial charge on any atom is 0.339 e. The Morgan fingerprint density at radius 3 is 2.81 bits per heavy atom. The predicted octanol–water partition coefficient (Wildman–Crippen LogP) is 1.84. The summed E-state index contributed by atoms with van der Waals surface area (Å²) in [4.78, 5) is 10.8. The van der Waals surface area contributed by atoms with Crippen LogP contribution < -0.4 is 0 Å². The second-order valence-corrected chi connectivity index (χ2v) is 3.70. The molecule has 2 aromatic rings. The molecule has 5 nitrogen and oxygen atoms in total. The van der Waals surface area contributed by atoms with Crippen molar-refractivity contribution in [3.05, 3.63) is 41.1 Å². The molecule has 0 fully saturated rings. The summed E-state index contributed by atoms with van der Waals surface area (Å²) in [6.45, 7) is 4.03. The summed E-state index contributed by atoms with van der Waals surface area (Å²) in [7, 11) is 0. The highest BCUT2D eigenvalue weighted by atomic mass is 16.4. The summed E-state index contributed by atoms with van der Waals surface area (Å²) in [5, 5.41) is 13.0. The molecular formula is C11H12N2O3. The lowest BCUT2D eigenvalue weighted by atomic mass is 10.2. The molecule has 0 radical (unpaired) electrons. The van der Waals surface area contributed by atoms with Crippen LogP contribution in [0.4, 0.5) is 0 Å². The molecule has 2 aromatic heterocycles. The summed E-state index contributed by atoms with van der Waals surface area (Å²) in [5.74, 6) is 0.0496. The van der Waals surface area contributed by atoms with Gasteiger partial charge in [0.1, 0.15) is 17.1 Å². The van der Waals surface area contributed by atoms with Crippen LogP contribution >= 0.6 is 0 Å². The van der Waals surface area contributed by atoms with E-state index in [2.05, 4.69) is 5.10 Å². The van der Waals surface area contributed by atoms with Gasteiger partial charge in [0.05, 0.1) is 12.7 Å². The average Bonchev–Trinajstić information content (AvgIpc) is 2.73. The van der Waals surface area contributed by atoms with Crippen molar-refractivity contribution in [3.8, 4) is 0 Å².